The van der Waals surface area contributed by atoms with E-state index in [4.69, 9.17) is 5.73 Å². The number of aromatic nitrogens is 1. The average molecular weight is 421 g/mol. The van der Waals surface area contributed by atoms with Crippen molar-refractivity contribution in [3.8, 4) is 0 Å². The van der Waals surface area contributed by atoms with Gasteiger partial charge in [0.25, 0.3) is 0 Å². The summed E-state index contributed by atoms with van der Waals surface area (Å²) in [5.74, 6) is -1.58. The van der Waals surface area contributed by atoms with Crippen molar-refractivity contribution in [2.45, 2.75) is 38.5 Å². The molecule has 31 heavy (non-hydrogen) atoms. The van der Waals surface area contributed by atoms with E-state index in [1.54, 1.807) is 6.07 Å². The molecule has 5 rings (SSSR count). The molecule has 1 fully saturated rings. The number of fused-ring (bicyclic) bond motifs is 2. The molecular formula is C23H20FN3O4. The van der Waals surface area contributed by atoms with Crippen molar-refractivity contribution in [2.75, 3.05) is 4.90 Å². The molecule has 0 spiro atoms. The van der Waals surface area contributed by atoms with Crippen molar-refractivity contribution >= 4 is 29.0 Å². The Hall–Kier alpha value is -3.52. The van der Waals surface area contributed by atoms with Gasteiger partial charge in [-0.05, 0) is 41.7 Å². The third-order valence-corrected chi connectivity index (χ3v) is 5.99. The fraction of sp³-hybridized carbons (Fsp3) is 0.261. The molecule has 1 aliphatic carbocycles. The van der Waals surface area contributed by atoms with E-state index in [2.05, 4.69) is 4.74 Å². The zero-order valence-corrected chi connectivity index (χ0v) is 16.6. The smallest absolute Gasteiger partial charge is 0.351 e. The van der Waals surface area contributed by atoms with Crippen LogP contribution >= 0.6 is 0 Å². The van der Waals surface area contributed by atoms with Gasteiger partial charge >= 0.3 is 12.4 Å². The number of hydrogen-bond acceptors (Lipinski definition) is 6. The van der Waals surface area contributed by atoms with Gasteiger partial charge in [-0.3, -0.25) is 9.59 Å². The number of benzene rings is 2. The molecule has 0 unspecified atom stereocenters. The maximum absolute atomic E-state index is 15.2. The standard InChI is InChI=1S/C23H20FN3O4/c24-19-6-17-20(27(16-3-4-16)11-18(22(17)29)23(30)31-12-28)7-21(19)26-9-14-2-1-13(8-25)5-15(14)10-26/h1-2,5-7,11-12,16H,3-4,8-10,25H2. The van der Waals surface area contributed by atoms with Crippen molar-refractivity contribution < 1.29 is 18.7 Å². The Balaban J connectivity index is 1.62. The minimum absolute atomic E-state index is 0.0156. The van der Waals surface area contributed by atoms with Gasteiger partial charge in [0.05, 0.1) is 11.2 Å². The largest absolute Gasteiger partial charge is 0.392 e. The number of rotatable bonds is 5. The van der Waals surface area contributed by atoms with Gasteiger partial charge in [-0.15, -0.1) is 0 Å². The lowest BCUT2D eigenvalue weighted by molar-refractivity contribution is -0.123. The molecule has 0 radical (unpaired) electrons. The summed E-state index contributed by atoms with van der Waals surface area (Å²) in [7, 11) is 0. The van der Waals surface area contributed by atoms with Gasteiger partial charge in [-0.1, -0.05) is 18.2 Å². The number of halogens is 1. The first-order valence-electron chi connectivity index (χ1n) is 10.1. The van der Waals surface area contributed by atoms with Gasteiger partial charge in [-0.2, -0.15) is 0 Å². The van der Waals surface area contributed by atoms with Crippen LogP contribution in [0, 0.1) is 5.82 Å². The Labute approximate surface area is 176 Å². The molecule has 1 aliphatic heterocycles. The van der Waals surface area contributed by atoms with Gasteiger partial charge in [0.2, 0.25) is 5.43 Å². The van der Waals surface area contributed by atoms with E-state index in [0.717, 1.165) is 29.5 Å². The molecule has 0 atom stereocenters. The third kappa shape index (κ3) is 3.29. The monoisotopic (exact) mass is 421 g/mol. The normalized spacial score (nSPS) is 15.2. The van der Waals surface area contributed by atoms with E-state index >= 15 is 4.39 Å². The second-order valence-electron chi connectivity index (χ2n) is 8.00. The average Bonchev–Trinajstić information content (AvgIpc) is 3.52. The summed E-state index contributed by atoms with van der Waals surface area (Å²) in [6.45, 7) is 1.53. The van der Waals surface area contributed by atoms with Crippen LogP contribution in [0.1, 0.15) is 45.9 Å². The van der Waals surface area contributed by atoms with Crippen LogP contribution in [-0.2, 0) is 29.2 Å². The number of anilines is 1. The van der Waals surface area contributed by atoms with Crippen LogP contribution in [0.3, 0.4) is 0 Å². The Bertz CT molecular complexity index is 1300. The molecule has 2 aromatic carbocycles. The highest BCUT2D eigenvalue weighted by molar-refractivity contribution is 5.97. The third-order valence-electron chi connectivity index (χ3n) is 5.99. The first-order chi connectivity index (χ1) is 15.0. The van der Waals surface area contributed by atoms with Crippen LogP contribution in [0.25, 0.3) is 10.9 Å². The number of esters is 1. The molecular weight excluding hydrogens is 401 g/mol. The van der Waals surface area contributed by atoms with E-state index in [1.165, 1.54) is 12.3 Å². The number of carbonyl (C=O) groups excluding carboxylic acids is 2. The molecule has 3 aromatic rings. The number of ether oxygens (including phenoxy) is 1. The Morgan fingerprint density at radius 2 is 1.97 bits per heavy atom. The number of pyridine rings is 1. The molecule has 2 heterocycles. The molecule has 2 N–H and O–H groups in total. The Morgan fingerprint density at radius 3 is 2.68 bits per heavy atom. The van der Waals surface area contributed by atoms with Crippen LogP contribution in [-0.4, -0.2) is 17.0 Å². The first-order valence-corrected chi connectivity index (χ1v) is 10.1. The zero-order chi connectivity index (χ0) is 21.7. The van der Waals surface area contributed by atoms with E-state index in [9.17, 15) is 14.4 Å². The summed E-state index contributed by atoms with van der Waals surface area (Å²) in [5, 5.41) is 0.0932. The molecule has 0 amide bonds. The Kier molecular flexibility index (Phi) is 4.59. The summed E-state index contributed by atoms with van der Waals surface area (Å²) >= 11 is 0. The second kappa shape index (κ2) is 7.31. The summed E-state index contributed by atoms with van der Waals surface area (Å²) in [5.41, 5.74) is 9.01. The van der Waals surface area contributed by atoms with Crippen LogP contribution in [0.4, 0.5) is 10.1 Å². The van der Waals surface area contributed by atoms with Gasteiger partial charge in [0.15, 0.2) is 0 Å². The van der Waals surface area contributed by atoms with Crippen LogP contribution in [0.15, 0.2) is 41.3 Å². The zero-order valence-electron chi connectivity index (χ0n) is 16.6. The highest BCUT2D eigenvalue weighted by Gasteiger charge is 2.29. The topological polar surface area (TPSA) is 94.6 Å². The van der Waals surface area contributed by atoms with E-state index in [1.807, 2.05) is 27.7 Å². The summed E-state index contributed by atoms with van der Waals surface area (Å²) < 4.78 is 21.3. The minimum Gasteiger partial charge on any atom is -0.392 e. The minimum atomic E-state index is -1.04. The predicted molar refractivity (Wildman–Crippen MR) is 112 cm³/mol. The summed E-state index contributed by atoms with van der Waals surface area (Å²) in [4.78, 5) is 37.4. The van der Waals surface area contributed by atoms with Crippen molar-refractivity contribution in [1.29, 1.82) is 0 Å². The molecule has 158 valence electrons. The quantitative estimate of drug-likeness (QED) is 0.387. The predicted octanol–water partition coefficient (Wildman–Crippen LogP) is 2.77. The van der Waals surface area contributed by atoms with Gasteiger partial charge in [0.1, 0.15) is 11.4 Å². The fourth-order valence-corrected chi connectivity index (χ4v) is 4.25. The van der Waals surface area contributed by atoms with Crippen LogP contribution in [0.5, 0.6) is 0 Å². The molecule has 7 nitrogen and oxygen atoms in total. The number of nitrogens with two attached hydrogens (primary N) is 1. The fourth-order valence-electron chi connectivity index (χ4n) is 4.25. The van der Waals surface area contributed by atoms with Crippen molar-refractivity contribution in [2.24, 2.45) is 5.73 Å². The van der Waals surface area contributed by atoms with Crippen molar-refractivity contribution in [3.63, 3.8) is 0 Å². The van der Waals surface area contributed by atoms with Gasteiger partial charge in [-0.25, -0.2) is 9.18 Å². The molecule has 1 saturated carbocycles. The lowest BCUT2D eigenvalue weighted by Crippen LogP contribution is -2.22. The van der Waals surface area contributed by atoms with Crippen molar-refractivity contribution in [1.82, 2.24) is 4.57 Å². The van der Waals surface area contributed by atoms with Gasteiger partial charge in [0, 0.05) is 37.3 Å². The number of carbonyl (C=O) groups is 2. The lowest BCUT2D eigenvalue weighted by atomic mass is 10.1. The van der Waals surface area contributed by atoms with Crippen LogP contribution in [0.2, 0.25) is 0 Å². The second-order valence-corrected chi connectivity index (χ2v) is 8.00. The van der Waals surface area contributed by atoms with E-state index in [-0.39, 0.29) is 23.5 Å². The van der Waals surface area contributed by atoms with Crippen LogP contribution < -0.4 is 16.1 Å². The molecule has 8 heteroatoms. The summed E-state index contributed by atoms with van der Waals surface area (Å²) in [6.07, 6.45) is 3.20. The summed E-state index contributed by atoms with van der Waals surface area (Å²) in [6, 6.07) is 9.00. The maximum Gasteiger partial charge on any atom is 0.351 e. The number of nitrogens with zero attached hydrogens (tertiary/aromatic N) is 2. The molecule has 0 saturated heterocycles. The first kappa shape index (κ1) is 19.4. The maximum atomic E-state index is 15.2. The SMILES string of the molecule is NCc1ccc2c(c1)CN(c1cc3c(cc1F)c(=O)c(C(=O)OC=O)cn3C1CC1)C2. The highest BCUT2D eigenvalue weighted by Crippen LogP contribution is 2.39. The van der Waals surface area contributed by atoms with Gasteiger partial charge < -0.3 is 19.9 Å². The van der Waals surface area contributed by atoms with E-state index < -0.39 is 17.2 Å². The Morgan fingerprint density at radius 1 is 1.19 bits per heavy atom. The molecule has 0 bridgehead atoms. The number of hydrogen-bond donors (Lipinski definition) is 1. The molecule has 2 aliphatic rings. The highest BCUT2D eigenvalue weighted by atomic mass is 19.1. The lowest BCUT2D eigenvalue weighted by Gasteiger charge is -2.21. The van der Waals surface area contributed by atoms with Crippen molar-refractivity contribution in [3.05, 3.63) is 74.8 Å². The molecule has 1 aromatic heterocycles. The van der Waals surface area contributed by atoms with E-state index in [0.29, 0.717) is 30.8 Å².